The third-order valence-electron chi connectivity index (χ3n) is 4.04. The van der Waals surface area contributed by atoms with E-state index < -0.39 is 5.97 Å². The summed E-state index contributed by atoms with van der Waals surface area (Å²) in [5, 5.41) is 34.5. The van der Waals surface area contributed by atoms with Crippen molar-refractivity contribution < 1.29 is 24.9 Å². The van der Waals surface area contributed by atoms with Gasteiger partial charge < -0.3 is 30.4 Å². The molecule has 0 aliphatic heterocycles. The van der Waals surface area contributed by atoms with Crippen LogP contribution in [0.3, 0.4) is 0 Å². The van der Waals surface area contributed by atoms with Gasteiger partial charge in [0.05, 0.1) is 32.0 Å². The molecule has 0 atom stereocenters. The van der Waals surface area contributed by atoms with Crippen LogP contribution in [0, 0.1) is 5.41 Å². The Morgan fingerprint density at radius 2 is 1.81 bits per heavy atom. The number of nitrogens with one attached hydrogen (secondary N) is 2. The number of esters is 1. The lowest BCUT2D eigenvalue weighted by atomic mass is 9.92. The van der Waals surface area contributed by atoms with Gasteiger partial charge in [-0.15, -0.1) is 0 Å². The quantitative estimate of drug-likeness (QED) is 0.387. The largest absolute Gasteiger partial charge is 0.464 e. The number of aromatic nitrogens is 1. The SMILES string of the molecule is C=N.CCc1[nH]c(C(=O)OC)c(Cl)c1-c1ccc(CO)c(CO)c1CO. The summed E-state index contributed by atoms with van der Waals surface area (Å²) in [7, 11) is 1.27. The highest BCUT2D eigenvalue weighted by Gasteiger charge is 2.24. The molecular formula is C18H23ClN2O5. The van der Waals surface area contributed by atoms with Crippen LogP contribution in [0.1, 0.15) is 39.8 Å². The lowest BCUT2D eigenvalue weighted by molar-refractivity contribution is 0.0595. The van der Waals surface area contributed by atoms with Gasteiger partial charge in [-0.3, -0.25) is 0 Å². The van der Waals surface area contributed by atoms with Crippen molar-refractivity contribution in [3.63, 3.8) is 0 Å². The van der Waals surface area contributed by atoms with Crippen molar-refractivity contribution in [3.05, 3.63) is 45.2 Å². The molecule has 1 aromatic carbocycles. The Hall–Kier alpha value is -2.19. The van der Waals surface area contributed by atoms with Gasteiger partial charge in [0, 0.05) is 11.3 Å². The first-order valence-electron chi connectivity index (χ1n) is 7.84. The summed E-state index contributed by atoms with van der Waals surface area (Å²) in [4.78, 5) is 14.8. The molecule has 26 heavy (non-hydrogen) atoms. The lowest BCUT2D eigenvalue weighted by Crippen LogP contribution is -2.04. The van der Waals surface area contributed by atoms with Crippen LogP contribution in [0.15, 0.2) is 12.1 Å². The van der Waals surface area contributed by atoms with E-state index in [1.54, 1.807) is 12.1 Å². The minimum atomic E-state index is -0.583. The third kappa shape index (κ3) is 3.96. The molecule has 0 fully saturated rings. The summed E-state index contributed by atoms with van der Waals surface area (Å²) in [6, 6.07) is 3.38. The molecule has 0 saturated heterocycles. The zero-order valence-electron chi connectivity index (χ0n) is 14.7. The van der Waals surface area contributed by atoms with Crippen LogP contribution in [-0.4, -0.2) is 40.1 Å². The Labute approximate surface area is 156 Å². The average Bonchev–Trinajstić information content (AvgIpc) is 3.03. The van der Waals surface area contributed by atoms with Crippen LogP contribution < -0.4 is 0 Å². The molecule has 0 bridgehead atoms. The first-order valence-corrected chi connectivity index (χ1v) is 8.22. The Balaban J connectivity index is 0.00000163. The number of H-pyrrole nitrogens is 1. The van der Waals surface area contributed by atoms with Crippen molar-refractivity contribution in [2.45, 2.75) is 33.2 Å². The minimum absolute atomic E-state index is 0.145. The standard InChI is InChI=1S/C17H20ClNO5.CH3N/c1-3-13-14(15(18)16(19-13)17(23)24-2)10-5-4-9(6-20)11(7-21)12(10)8-22;1-2/h4-5,19-22H,3,6-8H2,1-2H3;2H,1H2. The molecule has 0 saturated carbocycles. The van der Waals surface area contributed by atoms with E-state index in [1.165, 1.54) is 7.11 Å². The molecule has 2 rings (SSSR count). The second-order valence-electron chi connectivity index (χ2n) is 5.22. The molecular weight excluding hydrogens is 360 g/mol. The lowest BCUT2D eigenvalue weighted by Gasteiger charge is -2.16. The Morgan fingerprint density at radius 1 is 1.19 bits per heavy atom. The Kier molecular flexibility index (Phi) is 8.47. The van der Waals surface area contributed by atoms with Crippen molar-refractivity contribution in [1.82, 2.24) is 4.98 Å². The second kappa shape index (κ2) is 10.1. The molecule has 0 amide bonds. The molecule has 0 spiro atoms. The highest BCUT2D eigenvalue weighted by atomic mass is 35.5. The maximum absolute atomic E-state index is 11.9. The van der Waals surface area contributed by atoms with E-state index in [1.807, 2.05) is 6.92 Å². The summed E-state index contributed by atoms with van der Waals surface area (Å²) in [6.07, 6.45) is 0.577. The van der Waals surface area contributed by atoms with Gasteiger partial charge in [0.15, 0.2) is 0 Å². The number of hydrogen-bond donors (Lipinski definition) is 5. The van der Waals surface area contributed by atoms with Crippen LogP contribution in [-0.2, 0) is 31.0 Å². The molecule has 1 heterocycles. The molecule has 7 nitrogen and oxygen atoms in total. The number of carbonyl (C=O) groups is 1. The molecule has 8 heteroatoms. The predicted molar refractivity (Wildman–Crippen MR) is 99.6 cm³/mol. The van der Waals surface area contributed by atoms with Crippen LogP contribution in [0.5, 0.6) is 0 Å². The topological polar surface area (TPSA) is 127 Å². The zero-order valence-corrected chi connectivity index (χ0v) is 15.5. The van der Waals surface area contributed by atoms with E-state index in [0.29, 0.717) is 34.2 Å². The predicted octanol–water partition coefficient (Wildman–Crippen LogP) is 2.43. The second-order valence-corrected chi connectivity index (χ2v) is 5.59. The molecule has 5 N–H and O–H groups in total. The monoisotopic (exact) mass is 382 g/mol. The average molecular weight is 383 g/mol. The normalized spacial score (nSPS) is 10.2. The van der Waals surface area contributed by atoms with Crippen molar-refractivity contribution >= 4 is 24.3 Å². The van der Waals surface area contributed by atoms with Crippen LogP contribution in [0.2, 0.25) is 5.02 Å². The first kappa shape index (κ1) is 21.9. The van der Waals surface area contributed by atoms with E-state index in [2.05, 4.69) is 11.7 Å². The molecule has 1 aromatic heterocycles. The van der Waals surface area contributed by atoms with Gasteiger partial charge in [0.1, 0.15) is 5.69 Å². The van der Waals surface area contributed by atoms with Crippen molar-refractivity contribution in [1.29, 1.82) is 5.41 Å². The van der Waals surface area contributed by atoms with Crippen LogP contribution in [0.25, 0.3) is 11.1 Å². The van der Waals surface area contributed by atoms with Crippen molar-refractivity contribution in [2.75, 3.05) is 7.11 Å². The van der Waals surface area contributed by atoms with Crippen molar-refractivity contribution in [2.24, 2.45) is 0 Å². The van der Waals surface area contributed by atoms with Gasteiger partial charge in [-0.05, 0) is 35.4 Å². The maximum atomic E-state index is 11.9. The number of benzene rings is 1. The number of halogens is 1. The Bertz CT molecular complexity index is 773. The number of aliphatic hydroxyl groups excluding tert-OH is 3. The summed E-state index contributed by atoms with van der Waals surface area (Å²) in [6.45, 7) is 3.49. The summed E-state index contributed by atoms with van der Waals surface area (Å²) >= 11 is 6.39. The highest BCUT2D eigenvalue weighted by Crippen LogP contribution is 2.38. The van der Waals surface area contributed by atoms with Gasteiger partial charge in [-0.1, -0.05) is 30.7 Å². The molecule has 0 radical (unpaired) electrons. The minimum Gasteiger partial charge on any atom is -0.464 e. The van der Waals surface area contributed by atoms with E-state index in [4.69, 9.17) is 21.7 Å². The fourth-order valence-electron chi connectivity index (χ4n) is 2.82. The van der Waals surface area contributed by atoms with Gasteiger partial charge in [-0.2, -0.15) is 0 Å². The third-order valence-corrected chi connectivity index (χ3v) is 4.42. The maximum Gasteiger partial charge on any atom is 0.356 e. The summed E-state index contributed by atoms with van der Waals surface area (Å²) in [5.74, 6) is -0.583. The first-order chi connectivity index (χ1) is 12.5. The van der Waals surface area contributed by atoms with Gasteiger partial charge in [0.25, 0.3) is 0 Å². The number of aryl methyl sites for hydroxylation is 1. The zero-order chi connectivity index (χ0) is 19.9. The number of rotatable bonds is 6. The number of methoxy groups -OCH3 is 1. The highest BCUT2D eigenvalue weighted by molar-refractivity contribution is 6.36. The smallest absolute Gasteiger partial charge is 0.356 e. The molecule has 142 valence electrons. The summed E-state index contributed by atoms with van der Waals surface area (Å²) < 4.78 is 4.73. The molecule has 0 aliphatic rings. The van der Waals surface area contributed by atoms with E-state index >= 15 is 0 Å². The fourth-order valence-corrected chi connectivity index (χ4v) is 3.16. The number of hydrogen-bond acceptors (Lipinski definition) is 6. The van der Waals surface area contributed by atoms with Crippen molar-refractivity contribution in [3.8, 4) is 11.1 Å². The van der Waals surface area contributed by atoms with E-state index in [-0.39, 0.29) is 30.5 Å². The van der Waals surface area contributed by atoms with Crippen LogP contribution in [0.4, 0.5) is 0 Å². The van der Waals surface area contributed by atoms with Gasteiger partial charge >= 0.3 is 5.97 Å². The molecule has 0 unspecified atom stereocenters. The van der Waals surface area contributed by atoms with Gasteiger partial charge in [0.2, 0.25) is 0 Å². The molecule has 0 aliphatic carbocycles. The summed E-state index contributed by atoms with van der Waals surface area (Å²) in [5.41, 5.74) is 3.51. The number of aromatic amines is 1. The number of ether oxygens (including phenoxy) is 1. The fraction of sp³-hybridized carbons (Fsp3) is 0.333. The van der Waals surface area contributed by atoms with Gasteiger partial charge in [-0.25, -0.2) is 4.79 Å². The van der Waals surface area contributed by atoms with E-state index in [0.717, 1.165) is 5.69 Å². The molecule has 2 aromatic rings. The number of carbonyl (C=O) groups excluding carboxylic acids is 1. The Morgan fingerprint density at radius 3 is 2.27 bits per heavy atom. The number of aliphatic hydroxyl groups is 3. The van der Waals surface area contributed by atoms with Crippen LogP contribution >= 0.6 is 11.6 Å². The van der Waals surface area contributed by atoms with E-state index in [9.17, 15) is 20.1 Å².